The van der Waals surface area contributed by atoms with E-state index in [1.54, 1.807) is 14.2 Å². The van der Waals surface area contributed by atoms with Crippen molar-refractivity contribution in [1.29, 1.82) is 0 Å². The van der Waals surface area contributed by atoms with E-state index in [0.717, 1.165) is 50.7 Å². The van der Waals surface area contributed by atoms with Crippen LogP contribution in [0, 0.1) is 0 Å². The number of nitrogens with one attached hydrogen (secondary N) is 2. The Kier molecular flexibility index (Phi) is 9.62. The van der Waals surface area contributed by atoms with Gasteiger partial charge in [-0.05, 0) is 56.5 Å². The van der Waals surface area contributed by atoms with Crippen LogP contribution in [-0.2, 0) is 9.53 Å². The topological polar surface area (TPSA) is 75.2 Å². The minimum Gasteiger partial charge on any atom is -0.497 e. The smallest absolute Gasteiger partial charge is 0.305 e. The molecule has 1 fully saturated rings. The number of nitrogens with zero attached hydrogens (tertiary/aromatic N) is 2. The molecule has 1 aliphatic heterocycles. The van der Waals surface area contributed by atoms with Gasteiger partial charge in [0.25, 0.3) is 0 Å². The van der Waals surface area contributed by atoms with Crippen LogP contribution in [0.2, 0.25) is 0 Å². The Balaban J connectivity index is 1.87. The standard InChI is InChI=1S/C21H34N4O3/c1-22-21(23-12-5-4-11-20(26)28-3)24-16-19(25-13-6-7-14-25)17-9-8-10-18(15-17)27-2/h8-10,15,19H,4-7,11-14,16H2,1-3H3,(H2,22,23,24). The van der Waals surface area contributed by atoms with E-state index in [1.807, 2.05) is 12.1 Å². The minimum absolute atomic E-state index is 0.158. The molecule has 7 heteroatoms. The monoisotopic (exact) mass is 390 g/mol. The molecule has 0 saturated carbocycles. The Morgan fingerprint density at radius 3 is 2.68 bits per heavy atom. The molecule has 2 rings (SSSR count). The van der Waals surface area contributed by atoms with Gasteiger partial charge in [0.2, 0.25) is 0 Å². The summed E-state index contributed by atoms with van der Waals surface area (Å²) in [6.45, 7) is 3.77. The van der Waals surface area contributed by atoms with Crippen molar-refractivity contribution in [3.8, 4) is 5.75 Å². The fraction of sp³-hybridized carbons (Fsp3) is 0.619. The van der Waals surface area contributed by atoms with Crippen LogP contribution in [0.5, 0.6) is 5.75 Å². The van der Waals surface area contributed by atoms with Gasteiger partial charge in [-0.15, -0.1) is 0 Å². The summed E-state index contributed by atoms with van der Waals surface area (Å²) in [5.74, 6) is 1.51. The molecule has 28 heavy (non-hydrogen) atoms. The molecular formula is C21H34N4O3. The zero-order chi connectivity index (χ0) is 20.2. The van der Waals surface area contributed by atoms with E-state index in [2.05, 4.69) is 37.4 Å². The summed E-state index contributed by atoms with van der Waals surface area (Å²) in [6.07, 6.45) is 4.64. The zero-order valence-corrected chi connectivity index (χ0v) is 17.4. The molecule has 0 aliphatic carbocycles. The molecule has 1 saturated heterocycles. The zero-order valence-electron chi connectivity index (χ0n) is 17.4. The van der Waals surface area contributed by atoms with Crippen LogP contribution >= 0.6 is 0 Å². The summed E-state index contributed by atoms with van der Waals surface area (Å²) < 4.78 is 10.1. The van der Waals surface area contributed by atoms with E-state index >= 15 is 0 Å². The number of aliphatic imine (C=N–C) groups is 1. The Morgan fingerprint density at radius 2 is 2.00 bits per heavy atom. The molecule has 7 nitrogen and oxygen atoms in total. The summed E-state index contributed by atoms with van der Waals surface area (Å²) in [7, 11) is 4.90. The second kappa shape index (κ2) is 12.2. The predicted octanol–water partition coefficient (Wildman–Crippen LogP) is 2.34. The summed E-state index contributed by atoms with van der Waals surface area (Å²) in [6, 6.07) is 8.58. The number of rotatable bonds is 10. The Hall–Kier alpha value is -2.28. The van der Waals surface area contributed by atoms with Crippen LogP contribution < -0.4 is 15.4 Å². The highest BCUT2D eigenvalue weighted by atomic mass is 16.5. The number of likely N-dealkylation sites (tertiary alicyclic amines) is 1. The lowest BCUT2D eigenvalue weighted by molar-refractivity contribution is -0.140. The first kappa shape index (κ1) is 22.0. The number of unbranched alkanes of at least 4 members (excludes halogenated alkanes) is 1. The third kappa shape index (κ3) is 7.03. The van der Waals surface area contributed by atoms with Gasteiger partial charge in [0.05, 0.1) is 20.3 Å². The van der Waals surface area contributed by atoms with E-state index in [1.165, 1.54) is 25.5 Å². The molecule has 2 N–H and O–H groups in total. The third-order valence-electron chi connectivity index (χ3n) is 5.07. The molecule has 0 amide bonds. The second-order valence-corrected chi connectivity index (χ2v) is 6.95. The largest absolute Gasteiger partial charge is 0.497 e. The Bertz CT molecular complexity index is 630. The number of esters is 1. The van der Waals surface area contributed by atoms with Gasteiger partial charge in [0, 0.05) is 26.6 Å². The van der Waals surface area contributed by atoms with Crippen molar-refractivity contribution in [2.45, 2.75) is 38.1 Å². The number of carbonyl (C=O) groups excluding carboxylic acids is 1. The normalized spacial score (nSPS) is 15.9. The minimum atomic E-state index is -0.158. The molecule has 156 valence electrons. The van der Waals surface area contributed by atoms with Gasteiger partial charge < -0.3 is 20.1 Å². The number of ether oxygens (including phenoxy) is 2. The molecule has 1 aromatic carbocycles. The van der Waals surface area contributed by atoms with Crippen molar-refractivity contribution in [2.24, 2.45) is 4.99 Å². The lowest BCUT2D eigenvalue weighted by Gasteiger charge is -2.29. The van der Waals surface area contributed by atoms with E-state index in [-0.39, 0.29) is 12.0 Å². The van der Waals surface area contributed by atoms with Crippen molar-refractivity contribution >= 4 is 11.9 Å². The first-order valence-electron chi connectivity index (χ1n) is 10.1. The number of methoxy groups -OCH3 is 2. The molecule has 1 heterocycles. The Morgan fingerprint density at radius 1 is 1.21 bits per heavy atom. The molecular weight excluding hydrogens is 356 g/mol. The first-order chi connectivity index (χ1) is 13.7. The fourth-order valence-corrected chi connectivity index (χ4v) is 3.48. The van der Waals surface area contributed by atoms with Crippen LogP contribution in [0.15, 0.2) is 29.3 Å². The highest BCUT2D eigenvalue weighted by molar-refractivity contribution is 5.79. The van der Waals surface area contributed by atoms with Crippen molar-refractivity contribution < 1.29 is 14.3 Å². The lowest BCUT2D eigenvalue weighted by atomic mass is 10.1. The summed E-state index contributed by atoms with van der Waals surface area (Å²) in [5, 5.41) is 6.78. The number of hydrogen-bond acceptors (Lipinski definition) is 5. The molecule has 0 aromatic heterocycles. The molecule has 1 unspecified atom stereocenters. The molecule has 1 aromatic rings. The van der Waals surface area contributed by atoms with Crippen molar-refractivity contribution in [1.82, 2.24) is 15.5 Å². The second-order valence-electron chi connectivity index (χ2n) is 6.95. The quantitative estimate of drug-likeness (QED) is 0.276. The van der Waals surface area contributed by atoms with Crippen LogP contribution in [-0.4, -0.2) is 64.3 Å². The van der Waals surface area contributed by atoms with Gasteiger partial charge in [-0.25, -0.2) is 0 Å². The van der Waals surface area contributed by atoms with E-state index in [4.69, 9.17) is 4.74 Å². The molecule has 0 radical (unpaired) electrons. The van der Waals surface area contributed by atoms with Crippen molar-refractivity contribution in [3.05, 3.63) is 29.8 Å². The van der Waals surface area contributed by atoms with Gasteiger partial charge in [-0.2, -0.15) is 0 Å². The summed E-state index contributed by atoms with van der Waals surface area (Å²) in [5.41, 5.74) is 1.25. The van der Waals surface area contributed by atoms with E-state index in [0.29, 0.717) is 6.42 Å². The number of benzene rings is 1. The summed E-state index contributed by atoms with van der Waals surface area (Å²) >= 11 is 0. The van der Waals surface area contributed by atoms with Crippen LogP contribution in [0.3, 0.4) is 0 Å². The maximum Gasteiger partial charge on any atom is 0.305 e. The van der Waals surface area contributed by atoms with Crippen molar-refractivity contribution in [2.75, 3.05) is 47.4 Å². The Labute approximate surface area is 168 Å². The molecule has 1 aliphatic rings. The fourth-order valence-electron chi connectivity index (χ4n) is 3.48. The molecule has 1 atom stereocenters. The average Bonchev–Trinajstić information content (AvgIpc) is 3.26. The SMILES string of the molecule is CN=C(NCCCCC(=O)OC)NCC(c1cccc(OC)c1)N1CCCC1. The molecule has 0 bridgehead atoms. The van der Waals surface area contributed by atoms with Crippen LogP contribution in [0.4, 0.5) is 0 Å². The number of guanidine groups is 1. The average molecular weight is 391 g/mol. The van der Waals surface area contributed by atoms with Crippen LogP contribution in [0.25, 0.3) is 0 Å². The third-order valence-corrected chi connectivity index (χ3v) is 5.07. The van der Waals surface area contributed by atoms with Gasteiger partial charge in [-0.1, -0.05) is 12.1 Å². The maximum absolute atomic E-state index is 11.2. The van der Waals surface area contributed by atoms with E-state index in [9.17, 15) is 4.79 Å². The number of hydrogen-bond donors (Lipinski definition) is 2. The van der Waals surface area contributed by atoms with Crippen LogP contribution in [0.1, 0.15) is 43.7 Å². The maximum atomic E-state index is 11.2. The van der Waals surface area contributed by atoms with E-state index < -0.39 is 0 Å². The van der Waals surface area contributed by atoms with Gasteiger partial charge >= 0.3 is 5.97 Å². The van der Waals surface area contributed by atoms with Gasteiger partial charge in [0.15, 0.2) is 5.96 Å². The highest BCUT2D eigenvalue weighted by Crippen LogP contribution is 2.27. The highest BCUT2D eigenvalue weighted by Gasteiger charge is 2.24. The first-order valence-corrected chi connectivity index (χ1v) is 10.1. The van der Waals surface area contributed by atoms with Crippen molar-refractivity contribution in [3.63, 3.8) is 0 Å². The van der Waals surface area contributed by atoms with Gasteiger partial charge in [0.1, 0.15) is 5.75 Å². The molecule has 0 spiro atoms. The lowest BCUT2D eigenvalue weighted by Crippen LogP contribution is -2.43. The predicted molar refractivity (Wildman–Crippen MR) is 112 cm³/mol. The summed E-state index contributed by atoms with van der Waals surface area (Å²) in [4.78, 5) is 18.0. The number of carbonyl (C=O) groups is 1. The van der Waals surface area contributed by atoms with Gasteiger partial charge in [-0.3, -0.25) is 14.7 Å².